The molecule has 8 aromatic heterocycles. The zero-order valence-corrected chi connectivity index (χ0v) is 27.8. The Balaban J connectivity index is 0.000000138. The number of nitrogens with one attached hydrogen (secondary N) is 4. The van der Waals surface area contributed by atoms with Crippen molar-refractivity contribution in [3.8, 4) is 22.9 Å². The summed E-state index contributed by atoms with van der Waals surface area (Å²) in [6.07, 6.45) is 32.1. The molecule has 0 aliphatic heterocycles. The van der Waals surface area contributed by atoms with E-state index in [1.54, 1.807) is 49.7 Å². The summed E-state index contributed by atoms with van der Waals surface area (Å²) in [5, 5.41) is 15.4. The largest absolute Gasteiger partial charge is 0.343 e. The van der Waals surface area contributed by atoms with E-state index in [0.717, 1.165) is 80.5 Å². The number of rotatable bonds is 6. The maximum atomic E-state index is 4.51. The Morgan fingerprint density at radius 1 is 0.519 bits per heavy atom. The van der Waals surface area contributed by atoms with E-state index in [4.69, 9.17) is 0 Å². The van der Waals surface area contributed by atoms with Crippen LogP contribution in [0.4, 0.5) is 0 Å². The van der Waals surface area contributed by atoms with Gasteiger partial charge in [0.15, 0.2) is 5.82 Å². The molecule has 8 aromatic rings. The molecule has 2 aliphatic carbocycles. The molecular formula is C40H32N12. The first-order chi connectivity index (χ1) is 25.7. The van der Waals surface area contributed by atoms with Gasteiger partial charge in [-0.25, -0.2) is 9.97 Å². The number of aromatic nitrogens is 12. The van der Waals surface area contributed by atoms with Crippen LogP contribution in [0.5, 0.6) is 0 Å². The van der Waals surface area contributed by atoms with E-state index in [2.05, 4.69) is 109 Å². The summed E-state index contributed by atoms with van der Waals surface area (Å²) in [5.74, 6) is 0.766. The molecule has 0 bridgehead atoms. The van der Waals surface area contributed by atoms with Crippen LogP contribution in [0.1, 0.15) is 44.8 Å². The number of fused-ring (bicyclic) bond motifs is 2. The van der Waals surface area contributed by atoms with Crippen molar-refractivity contribution >= 4 is 12.2 Å². The van der Waals surface area contributed by atoms with E-state index in [-0.39, 0.29) is 10.8 Å². The molecule has 0 saturated heterocycles. The molecule has 0 amide bonds. The Morgan fingerprint density at radius 2 is 1.02 bits per heavy atom. The number of nitrogens with zero attached hydrogens (tertiary/aromatic N) is 8. The lowest BCUT2D eigenvalue weighted by Crippen LogP contribution is -2.30. The van der Waals surface area contributed by atoms with Crippen LogP contribution in [0.25, 0.3) is 35.1 Å². The van der Waals surface area contributed by atoms with Crippen molar-refractivity contribution in [1.29, 1.82) is 0 Å². The quantitative estimate of drug-likeness (QED) is 0.159. The van der Waals surface area contributed by atoms with E-state index >= 15 is 0 Å². The van der Waals surface area contributed by atoms with Gasteiger partial charge in [0.05, 0.1) is 18.2 Å². The molecule has 0 unspecified atom stereocenters. The molecule has 8 heterocycles. The minimum absolute atomic E-state index is 0.326. The Labute approximate surface area is 298 Å². The third-order valence-electron chi connectivity index (χ3n) is 9.93. The molecule has 2 aliphatic rings. The van der Waals surface area contributed by atoms with Crippen LogP contribution in [0.15, 0.2) is 135 Å². The van der Waals surface area contributed by atoms with Gasteiger partial charge in [0.1, 0.15) is 11.4 Å². The molecule has 10 rings (SSSR count). The number of hydrogen-bond donors (Lipinski definition) is 4. The molecule has 252 valence electrons. The van der Waals surface area contributed by atoms with Gasteiger partial charge in [-0.05, 0) is 46.5 Å². The maximum absolute atomic E-state index is 4.51. The van der Waals surface area contributed by atoms with Gasteiger partial charge in [0, 0.05) is 108 Å². The predicted molar refractivity (Wildman–Crippen MR) is 196 cm³/mol. The van der Waals surface area contributed by atoms with Crippen molar-refractivity contribution < 1.29 is 0 Å². The minimum atomic E-state index is -0.331. The molecule has 0 spiro atoms. The fraction of sp³-hybridized carbons (Fsp3) is 0.100. The highest BCUT2D eigenvalue weighted by Crippen LogP contribution is 2.43. The van der Waals surface area contributed by atoms with Crippen LogP contribution >= 0.6 is 0 Å². The summed E-state index contributed by atoms with van der Waals surface area (Å²) in [5.41, 5.74) is 10.8. The van der Waals surface area contributed by atoms with Crippen molar-refractivity contribution in [2.45, 2.75) is 23.7 Å². The minimum Gasteiger partial charge on any atom is -0.343 e. The first kappa shape index (κ1) is 30.9. The smallest absolute Gasteiger partial charge is 0.158 e. The molecule has 0 atom stereocenters. The second kappa shape index (κ2) is 13.0. The summed E-state index contributed by atoms with van der Waals surface area (Å²) in [6, 6.07) is 16.3. The van der Waals surface area contributed by atoms with Gasteiger partial charge in [0.2, 0.25) is 0 Å². The summed E-state index contributed by atoms with van der Waals surface area (Å²) in [4.78, 5) is 32.0. The number of H-pyrrole nitrogens is 4. The third-order valence-corrected chi connectivity index (χ3v) is 9.93. The third kappa shape index (κ3) is 5.33. The maximum Gasteiger partial charge on any atom is 0.158 e. The van der Waals surface area contributed by atoms with Gasteiger partial charge in [-0.1, -0.05) is 48.6 Å². The lowest BCUT2D eigenvalue weighted by molar-refractivity contribution is 0.615. The van der Waals surface area contributed by atoms with E-state index in [9.17, 15) is 0 Å². The molecule has 0 saturated carbocycles. The van der Waals surface area contributed by atoms with E-state index in [1.165, 1.54) is 0 Å². The van der Waals surface area contributed by atoms with Crippen LogP contribution in [0.3, 0.4) is 0 Å². The molecule has 4 N–H and O–H groups in total. The van der Waals surface area contributed by atoms with Gasteiger partial charge in [0.25, 0.3) is 0 Å². The number of aromatic amines is 4. The number of allylic oxidation sites excluding steroid dienone is 2. The molecule has 52 heavy (non-hydrogen) atoms. The average Bonchev–Trinajstić information content (AvgIpc) is 4.07. The summed E-state index contributed by atoms with van der Waals surface area (Å²) in [7, 11) is 0. The lowest BCUT2D eigenvalue weighted by atomic mass is 9.69. The first-order valence-corrected chi connectivity index (χ1v) is 16.9. The number of pyridine rings is 4. The number of hydrogen-bond acceptors (Lipinski definition) is 8. The Morgan fingerprint density at radius 3 is 1.44 bits per heavy atom. The molecule has 12 heteroatoms. The Kier molecular flexibility index (Phi) is 7.73. The van der Waals surface area contributed by atoms with Crippen molar-refractivity contribution in [2.24, 2.45) is 0 Å². The van der Waals surface area contributed by atoms with Crippen molar-refractivity contribution in [3.05, 3.63) is 180 Å². The predicted octanol–water partition coefficient (Wildman–Crippen LogP) is 6.29. The topological polar surface area (TPSA) is 166 Å². The van der Waals surface area contributed by atoms with Gasteiger partial charge < -0.3 is 9.97 Å². The highest BCUT2D eigenvalue weighted by atomic mass is 15.1. The highest BCUT2D eigenvalue weighted by Gasteiger charge is 2.38. The standard InChI is InChI=1S/2C20H16N6/c1-3-14(10-21-7-1)20(15-4-2-8-22-11-15)6-5-16-17(9-20)25-26-19(16)18-12-23-13-24-18;1-3-14(12-21-7-1)20(15-4-2-8-22-13-15)6-5-16-17(11-20)25-26-18(16)19-23-9-10-24-19/h1-8,10-13H,9H2,(H,23,24)(H,25,26);1-10,12-13H,11H2,(H,23,24)(H,25,26). The molecule has 0 fully saturated rings. The molecular weight excluding hydrogens is 649 g/mol. The summed E-state index contributed by atoms with van der Waals surface area (Å²) in [6.45, 7) is 0. The first-order valence-electron chi connectivity index (χ1n) is 16.9. The highest BCUT2D eigenvalue weighted by molar-refractivity contribution is 5.75. The summed E-state index contributed by atoms with van der Waals surface area (Å²) < 4.78 is 0. The van der Waals surface area contributed by atoms with Crippen LogP contribution in [-0.2, 0) is 23.7 Å². The van der Waals surface area contributed by atoms with Gasteiger partial charge in [-0.15, -0.1) is 0 Å². The van der Waals surface area contributed by atoms with Crippen LogP contribution in [-0.4, -0.2) is 60.3 Å². The number of imidazole rings is 2. The van der Waals surface area contributed by atoms with Crippen LogP contribution in [0.2, 0.25) is 0 Å². The molecule has 0 radical (unpaired) electrons. The normalized spacial score (nSPS) is 14.9. The fourth-order valence-corrected chi connectivity index (χ4v) is 7.33. The zero-order valence-electron chi connectivity index (χ0n) is 27.8. The van der Waals surface area contributed by atoms with Gasteiger partial charge in [-0.2, -0.15) is 10.2 Å². The average molecular weight is 681 g/mol. The van der Waals surface area contributed by atoms with Crippen LogP contribution < -0.4 is 0 Å². The second-order valence-corrected chi connectivity index (χ2v) is 12.8. The fourth-order valence-electron chi connectivity index (χ4n) is 7.33. The van der Waals surface area contributed by atoms with E-state index in [0.29, 0.717) is 0 Å². The lowest BCUT2D eigenvalue weighted by Gasteiger charge is -2.33. The zero-order chi connectivity index (χ0) is 34.8. The van der Waals surface area contributed by atoms with Crippen molar-refractivity contribution in [2.75, 3.05) is 0 Å². The van der Waals surface area contributed by atoms with Crippen LogP contribution in [0, 0.1) is 0 Å². The molecule has 0 aromatic carbocycles. The van der Waals surface area contributed by atoms with Gasteiger partial charge in [-0.3, -0.25) is 30.1 Å². The summed E-state index contributed by atoms with van der Waals surface area (Å²) >= 11 is 0. The van der Waals surface area contributed by atoms with Gasteiger partial charge >= 0.3 is 0 Å². The van der Waals surface area contributed by atoms with E-state index < -0.39 is 0 Å². The second-order valence-electron chi connectivity index (χ2n) is 12.8. The molecule has 12 nitrogen and oxygen atoms in total. The van der Waals surface area contributed by atoms with Crippen molar-refractivity contribution in [1.82, 2.24) is 60.3 Å². The van der Waals surface area contributed by atoms with Crippen molar-refractivity contribution in [3.63, 3.8) is 0 Å². The van der Waals surface area contributed by atoms with E-state index in [1.807, 2.05) is 49.1 Å². The Bertz CT molecular complexity index is 2190. The monoisotopic (exact) mass is 680 g/mol. The SMILES string of the molecule is C1=CC(c2cccnc2)(c2cccnc2)Cc2[nH]nc(-c3cnc[nH]3)c21.C1=CC(c2cccnc2)(c2cccnc2)Cc2[nH]nc(-c3ncc[nH]3)c21. The Hall–Kier alpha value is -7.08.